The van der Waals surface area contributed by atoms with Gasteiger partial charge < -0.3 is 16.2 Å². The number of primary amides is 1. The molecule has 37 heavy (non-hydrogen) atoms. The quantitative estimate of drug-likeness (QED) is 0.326. The lowest BCUT2D eigenvalue weighted by atomic mass is 9.92. The molecule has 1 amide bonds. The monoisotopic (exact) mass is 492 g/mol. The van der Waals surface area contributed by atoms with Gasteiger partial charge in [0.15, 0.2) is 5.65 Å². The van der Waals surface area contributed by atoms with Crippen LogP contribution in [0.3, 0.4) is 0 Å². The molecular formula is C29H28N6O2. The van der Waals surface area contributed by atoms with Gasteiger partial charge in [0.05, 0.1) is 34.0 Å². The summed E-state index contributed by atoms with van der Waals surface area (Å²) in [5.74, 6) is -0.490. The van der Waals surface area contributed by atoms with Crippen molar-refractivity contribution in [2.75, 3.05) is 5.32 Å². The van der Waals surface area contributed by atoms with Crippen molar-refractivity contribution >= 4 is 33.5 Å². The summed E-state index contributed by atoms with van der Waals surface area (Å²) in [6.07, 6.45) is 6.56. The van der Waals surface area contributed by atoms with Crippen LogP contribution in [0.25, 0.3) is 38.8 Å². The average molecular weight is 493 g/mol. The van der Waals surface area contributed by atoms with E-state index in [9.17, 15) is 9.90 Å². The van der Waals surface area contributed by atoms with Crippen LogP contribution in [0, 0.1) is 6.92 Å². The second-order valence-electron chi connectivity index (χ2n) is 9.71. The number of nitrogens with two attached hydrogens (primary N) is 1. The number of rotatable bonds is 5. The molecule has 0 saturated heterocycles. The Kier molecular flexibility index (Phi) is 5.81. The molecule has 186 valence electrons. The first-order valence-electron chi connectivity index (χ1n) is 12.6. The number of hydrogen-bond donors (Lipinski definition) is 3. The normalized spacial score (nSPS) is 17.8. The van der Waals surface area contributed by atoms with Gasteiger partial charge in [0.2, 0.25) is 0 Å². The molecule has 8 heteroatoms. The van der Waals surface area contributed by atoms with Crippen LogP contribution in [0.1, 0.15) is 41.7 Å². The number of hydrogen-bond acceptors (Lipinski definition) is 6. The summed E-state index contributed by atoms with van der Waals surface area (Å²) in [4.78, 5) is 21.5. The highest BCUT2D eigenvalue weighted by molar-refractivity contribution is 6.00. The first-order chi connectivity index (χ1) is 18.0. The maximum Gasteiger partial charge on any atom is 0.250 e. The molecule has 1 saturated carbocycles. The zero-order valence-corrected chi connectivity index (χ0v) is 20.6. The second kappa shape index (κ2) is 9.29. The summed E-state index contributed by atoms with van der Waals surface area (Å²) < 4.78 is 1.81. The van der Waals surface area contributed by atoms with Crippen molar-refractivity contribution in [3.8, 4) is 16.8 Å². The number of nitrogens with one attached hydrogen (secondary N) is 1. The lowest BCUT2D eigenvalue weighted by Crippen LogP contribution is -2.29. The highest BCUT2D eigenvalue weighted by Gasteiger charge is 2.22. The van der Waals surface area contributed by atoms with Gasteiger partial charge in [-0.1, -0.05) is 18.2 Å². The van der Waals surface area contributed by atoms with E-state index in [0.29, 0.717) is 11.3 Å². The van der Waals surface area contributed by atoms with E-state index in [1.807, 2.05) is 54.2 Å². The number of carbonyl (C=O) groups is 1. The molecule has 0 radical (unpaired) electrons. The van der Waals surface area contributed by atoms with Crippen LogP contribution in [-0.4, -0.2) is 42.9 Å². The number of benzene rings is 2. The van der Waals surface area contributed by atoms with Gasteiger partial charge >= 0.3 is 0 Å². The van der Waals surface area contributed by atoms with E-state index >= 15 is 0 Å². The van der Waals surface area contributed by atoms with Gasteiger partial charge in [-0.05, 0) is 74.6 Å². The van der Waals surface area contributed by atoms with Gasteiger partial charge in [-0.3, -0.25) is 9.78 Å². The summed E-state index contributed by atoms with van der Waals surface area (Å²) >= 11 is 0. The highest BCUT2D eigenvalue weighted by atomic mass is 16.3. The number of pyridine rings is 2. The Hall–Kier alpha value is -4.30. The van der Waals surface area contributed by atoms with Gasteiger partial charge in [0, 0.05) is 35.1 Å². The zero-order valence-electron chi connectivity index (χ0n) is 20.6. The molecule has 6 rings (SSSR count). The minimum absolute atomic E-state index is 0.165. The Morgan fingerprint density at radius 1 is 1.05 bits per heavy atom. The standard InChI is InChI=1S/C29H28N6O2/c1-17-27-23(19-14-18-4-2-3-5-25(18)32-16-19)12-13-31-29(27)35(34-17)21-8-11-24(28(30)37)26(15-21)33-20-6-9-22(36)10-7-20/h2-5,8,11-16,20,22,33,36H,6-7,9-10H2,1H3,(H2,30,37)/t20-,22-. The minimum Gasteiger partial charge on any atom is -0.393 e. The third-order valence-electron chi connectivity index (χ3n) is 7.21. The van der Waals surface area contributed by atoms with E-state index in [1.165, 1.54) is 0 Å². The second-order valence-corrected chi connectivity index (χ2v) is 9.71. The average Bonchev–Trinajstić information content (AvgIpc) is 3.26. The van der Waals surface area contributed by atoms with Crippen LogP contribution in [0.5, 0.6) is 0 Å². The molecule has 1 aliphatic rings. The molecule has 3 heterocycles. The third-order valence-corrected chi connectivity index (χ3v) is 7.21. The van der Waals surface area contributed by atoms with Gasteiger partial charge in [0.25, 0.3) is 5.91 Å². The van der Waals surface area contributed by atoms with Crippen LogP contribution >= 0.6 is 0 Å². The van der Waals surface area contributed by atoms with Crippen molar-refractivity contribution in [2.45, 2.75) is 44.8 Å². The Morgan fingerprint density at radius 3 is 2.68 bits per heavy atom. The molecule has 8 nitrogen and oxygen atoms in total. The van der Waals surface area contributed by atoms with Gasteiger partial charge in [-0.15, -0.1) is 0 Å². The van der Waals surface area contributed by atoms with Crippen molar-refractivity contribution in [3.05, 3.63) is 78.2 Å². The fraction of sp³-hybridized carbons (Fsp3) is 0.241. The lowest BCUT2D eigenvalue weighted by Gasteiger charge is -2.27. The predicted molar refractivity (Wildman–Crippen MR) is 145 cm³/mol. The molecule has 1 fully saturated rings. The predicted octanol–water partition coefficient (Wildman–Crippen LogP) is 4.76. The molecule has 0 unspecified atom stereocenters. The fourth-order valence-electron chi connectivity index (χ4n) is 5.29. The van der Waals surface area contributed by atoms with Crippen molar-refractivity contribution in [2.24, 2.45) is 5.73 Å². The smallest absolute Gasteiger partial charge is 0.250 e. The van der Waals surface area contributed by atoms with Crippen LogP contribution in [-0.2, 0) is 0 Å². The number of nitrogens with zero attached hydrogens (tertiary/aromatic N) is 4. The summed E-state index contributed by atoms with van der Waals surface area (Å²) in [6.45, 7) is 1.97. The topological polar surface area (TPSA) is 119 Å². The maximum absolute atomic E-state index is 12.2. The molecule has 4 N–H and O–H groups in total. The number of aliphatic hydroxyl groups is 1. The number of fused-ring (bicyclic) bond motifs is 2. The van der Waals surface area contributed by atoms with E-state index < -0.39 is 5.91 Å². The van der Waals surface area contributed by atoms with Gasteiger partial charge in [0.1, 0.15) is 0 Å². The minimum atomic E-state index is -0.490. The van der Waals surface area contributed by atoms with Crippen LogP contribution in [0.4, 0.5) is 5.69 Å². The van der Waals surface area contributed by atoms with Crippen molar-refractivity contribution < 1.29 is 9.90 Å². The number of carbonyl (C=O) groups excluding carboxylic acids is 1. The molecule has 0 aliphatic heterocycles. The van der Waals surface area contributed by atoms with Crippen molar-refractivity contribution in [3.63, 3.8) is 0 Å². The number of aryl methyl sites for hydroxylation is 1. The first kappa shape index (κ1) is 23.1. The Morgan fingerprint density at radius 2 is 1.86 bits per heavy atom. The molecule has 3 aromatic heterocycles. The van der Waals surface area contributed by atoms with E-state index in [4.69, 9.17) is 10.8 Å². The van der Waals surface area contributed by atoms with Crippen LogP contribution < -0.4 is 11.1 Å². The SMILES string of the molecule is Cc1nn(-c2ccc(C(N)=O)c(N[C@H]3CC[C@H](O)CC3)c2)c2nccc(-c3cnc4ccccc4c3)c12. The van der Waals surface area contributed by atoms with Gasteiger partial charge in [-0.2, -0.15) is 5.10 Å². The van der Waals surface area contributed by atoms with Gasteiger partial charge in [-0.25, -0.2) is 9.67 Å². The zero-order chi connectivity index (χ0) is 25.5. The largest absolute Gasteiger partial charge is 0.393 e. The van der Waals surface area contributed by atoms with Crippen molar-refractivity contribution in [1.82, 2.24) is 19.7 Å². The number of para-hydroxylation sites is 1. The maximum atomic E-state index is 12.2. The molecule has 0 spiro atoms. The van der Waals surface area contributed by atoms with E-state index in [1.54, 1.807) is 12.3 Å². The molecule has 2 aromatic carbocycles. The molecule has 1 aliphatic carbocycles. The Bertz CT molecular complexity index is 1630. The highest BCUT2D eigenvalue weighted by Crippen LogP contribution is 2.33. The molecule has 0 atom stereocenters. The Balaban J connectivity index is 1.43. The lowest BCUT2D eigenvalue weighted by molar-refractivity contribution is 0.100. The number of aliphatic hydroxyl groups excluding tert-OH is 1. The summed E-state index contributed by atoms with van der Waals surface area (Å²) in [6, 6.07) is 17.8. The summed E-state index contributed by atoms with van der Waals surface area (Å²) in [5, 5.41) is 20.2. The molecule has 0 bridgehead atoms. The molecular weight excluding hydrogens is 464 g/mol. The van der Waals surface area contributed by atoms with Crippen LogP contribution in [0.2, 0.25) is 0 Å². The first-order valence-corrected chi connectivity index (χ1v) is 12.6. The fourth-order valence-corrected chi connectivity index (χ4v) is 5.29. The van der Waals surface area contributed by atoms with E-state index in [-0.39, 0.29) is 12.1 Å². The summed E-state index contributed by atoms with van der Waals surface area (Å²) in [5.41, 5.74) is 12.1. The third kappa shape index (κ3) is 4.29. The Labute approximate surface area is 214 Å². The van der Waals surface area contributed by atoms with Crippen molar-refractivity contribution in [1.29, 1.82) is 0 Å². The number of aromatic nitrogens is 4. The summed E-state index contributed by atoms with van der Waals surface area (Å²) in [7, 11) is 0. The molecule has 5 aromatic rings. The van der Waals surface area contributed by atoms with E-state index in [2.05, 4.69) is 27.4 Å². The van der Waals surface area contributed by atoms with E-state index in [0.717, 1.165) is 70.1 Å². The number of anilines is 1. The number of amides is 1. The van der Waals surface area contributed by atoms with Crippen LogP contribution in [0.15, 0.2) is 67.0 Å².